The molecule has 0 saturated carbocycles. The summed E-state index contributed by atoms with van der Waals surface area (Å²) in [5, 5.41) is 2.76. The molecule has 0 radical (unpaired) electrons. The molecule has 0 bridgehead atoms. The maximum atomic E-state index is 12.0. The van der Waals surface area contributed by atoms with Crippen LogP contribution in [-0.4, -0.2) is 37.7 Å². The Labute approximate surface area is 145 Å². The van der Waals surface area contributed by atoms with Crippen molar-refractivity contribution in [2.24, 2.45) is 0 Å². The minimum absolute atomic E-state index is 0.290. The Balaban J connectivity index is 1.95. The van der Waals surface area contributed by atoms with Crippen LogP contribution in [0.1, 0.15) is 28.9 Å². The van der Waals surface area contributed by atoms with Crippen LogP contribution in [0.25, 0.3) is 0 Å². The summed E-state index contributed by atoms with van der Waals surface area (Å²) in [6.07, 6.45) is 2.93. The van der Waals surface area contributed by atoms with Gasteiger partial charge in [0.05, 0.1) is 25.8 Å². The second kappa shape index (κ2) is 8.68. The monoisotopic (exact) mass is 344 g/mol. The number of esters is 1. The number of carbonyl (C=O) groups excluding carboxylic acids is 2. The van der Waals surface area contributed by atoms with E-state index in [1.54, 1.807) is 57.7 Å². The summed E-state index contributed by atoms with van der Waals surface area (Å²) in [4.78, 5) is 27.7. The molecule has 0 aliphatic rings. The fourth-order valence-electron chi connectivity index (χ4n) is 2.24. The van der Waals surface area contributed by atoms with E-state index >= 15 is 0 Å². The summed E-state index contributed by atoms with van der Waals surface area (Å²) in [6, 6.07) is 8.15. The van der Waals surface area contributed by atoms with E-state index in [4.69, 9.17) is 14.2 Å². The molecule has 1 atom stereocenters. The second-order valence-electron chi connectivity index (χ2n) is 5.21. The van der Waals surface area contributed by atoms with Gasteiger partial charge in [0.15, 0.2) is 6.61 Å². The number of ether oxygens (including phenoxy) is 3. The van der Waals surface area contributed by atoms with Crippen molar-refractivity contribution in [1.29, 1.82) is 0 Å². The summed E-state index contributed by atoms with van der Waals surface area (Å²) in [7, 11) is 3.11. The number of carbonyl (C=O) groups is 2. The minimum atomic E-state index is -0.602. The number of pyridine rings is 1. The maximum Gasteiger partial charge on any atom is 0.340 e. The highest BCUT2D eigenvalue weighted by Crippen LogP contribution is 2.29. The molecule has 0 aliphatic carbocycles. The number of rotatable bonds is 7. The average molecular weight is 344 g/mol. The van der Waals surface area contributed by atoms with Gasteiger partial charge < -0.3 is 19.5 Å². The number of nitrogens with one attached hydrogen (secondary N) is 1. The molecule has 2 rings (SSSR count). The maximum absolute atomic E-state index is 12.0. The van der Waals surface area contributed by atoms with Gasteiger partial charge >= 0.3 is 5.97 Å². The van der Waals surface area contributed by atoms with E-state index in [2.05, 4.69) is 10.3 Å². The molecule has 132 valence electrons. The highest BCUT2D eigenvalue weighted by atomic mass is 16.5. The summed E-state index contributed by atoms with van der Waals surface area (Å²) < 4.78 is 15.5. The van der Waals surface area contributed by atoms with Gasteiger partial charge in [0.25, 0.3) is 5.91 Å². The molecule has 1 aromatic carbocycles. The van der Waals surface area contributed by atoms with Gasteiger partial charge in [0.2, 0.25) is 0 Å². The molecule has 1 aromatic heterocycles. The number of amides is 1. The van der Waals surface area contributed by atoms with Crippen LogP contribution in [0.5, 0.6) is 11.5 Å². The van der Waals surface area contributed by atoms with Crippen molar-refractivity contribution in [1.82, 2.24) is 10.3 Å². The van der Waals surface area contributed by atoms with Crippen molar-refractivity contribution in [3.63, 3.8) is 0 Å². The first-order valence-electron chi connectivity index (χ1n) is 7.63. The van der Waals surface area contributed by atoms with Crippen LogP contribution in [0.15, 0.2) is 42.7 Å². The number of hydrogen-bond donors (Lipinski definition) is 1. The van der Waals surface area contributed by atoms with E-state index < -0.39 is 11.9 Å². The van der Waals surface area contributed by atoms with Gasteiger partial charge in [-0.2, -0.15) is 0 Å². The van der Waals surface area contributed by atoms with Crippen LogP contribution in [-0.2, 0) is 9.53 Å². The van der Waals surface area contributed by atoms with Crippen molar-refractivity contribution in [2.45, 2.75) is 13.0 Å². The van der Waals surface area contributed by atoms with Crippen molar-refractivity contribution >= 4 is 11.9 Å². The van der Waals surface area contributed by atoms with Crippen molar-refractivity contribution < 1.29 is 23.8 Å². The lowest BCUT2D eigenvalue weighted by Gasteiger charge is -2.18. The predicted molar refractivity (Wildman–Crippen MR) is 90.6 cm³/mol. The smallest absolute Gasteiger partial charge is 0.340 e. The fourth-order valence-corrected chi connectivity index (χ4v) is 2.24. The van der Waals surface area contributed by atoms with E-state index in [1.165, 1.54) is 6.20 Å². The molecule has 7 heteroatoms. The first-order valence-corrected chi connectivity index (χ1v) is 7.63. The molecule has 0 saturated heterocycles. The number of methoxy groups -OCH3 is 2. The average Bonchev–Trinajstić information content (AvgIpc) is 2.66. The summed E-state index contributed by atoms with van der Waals surface area (Å²) in [6.45, 7) is 1.42. The zero-order chi connectivity index (χ0) is 18.2. The molecular weight excluding hydrogens is 324 g/mol. The highest BCUT2D eigenvalue weighted by Gasteiger charge is 2.16. The lowest BCUT2D eigenvalue weighted by molar-refractivity contribution is -0.124. The minimum Gasteiger partial charge on any atom is -0.497 e. The van der Waals surface area contributed by atoms with Crippen LogP contribution in [0.3, 0.4) is 0 Å². The summed E-state index contributed by atoms with van der Waals surface area (Å²) in [5.41, 5.74) is 1.05. The van der Waals surface area contributed by atoms with Crippen LogP contribution in [0.4, 0.5) is 0 Å². The molecule has 2 aromatic rings. The molecule has 7 nitrogen and oxygen atoms in total. The van der Waals surface area contributed by atoms with E-state index in [1.807, 2.05) is 0 Å². The molecular formula is C18H20N2O5. The van der Waals surface area contributed by atoms with E-state index in [-0.39, 0.29) is 18.2 Å². The molecule has 25 heavy (non-hydrogen) atoms. The Hall–Kier alpha value is -3.09. The van der Waals surface area contributed by atoms with E-state index in [0.29, 0.717) is 11.5 Å². The number of benzene rings is 1. The Morgan fingerprint density at radius 2 is 2.00 bits per heavy atom. The summed E-state index contributed by atoms with van der Waals surface area (Å²) >= 11 is 0. The molecule has 0 spiro atoms. The lowest BCUT2D eigenvalue weighted by Crippen LogP contribution is -2.31. The second-order valence-corrected chi connectivity index (χ2v) is 5.21. The van der Waals surface area contributed by atoms with Crippen molar-refractivity contribution in [2.75, 3.05) is 20.8 Å². The third-order valence-corrected chi connectivity index (χ3v) is 3.51. The highest BCUT2D eigenvalue weighted by molar-refractivity contribution is 5.91. The molecule has 0 fully saturated rings. The van der Waals surface area contributed by atoms with Crippen molar-refractivity contribution in [3.05, 3.63) is 53.9 Å². The van der Waals surface area contributed by atoms with Gasteiger partial charge in [0.1, 0.15) is 11.5 Å². The molecule has 0 unspecified atom stereocenters. The largest absolute Gasteiger partial charge is 0.497 e. The normalized spacial score (nSPS) is 11.3. The van der Waals surface area contributed by atoms with Gasteiger partial charge in [-0.05, 0) is 37.3 Å². The van der Waals surface area contributed by atoms with Crippen LogP contribution in [0, 0.1) is 0 Å². The predicted octanol–water partition coefficient (Wildman–Crippen LogP) is 2.13. The van der Waals surface area contributed by atoms with Gasteiger partial charge in [-0.15, -0.1) is 0 Å². The third-order valence-electron chi connectivity index (χ3n) is 3.51. The SMILES string of the molecule is COc1ccc(OC)c([C@@H](C)NC(=O)COC(=O)c2cccnc2)c1. The number of hydrogen-bond acceptors (Lipinski definition) is 6. The van der Waals surface area contributed by atoms with Gasteiger partial charge in [-0.1, -0.05) is 0 Å². The molecule has 1 N–H and O–H groups in total. The molecule has 1 amide bonds. The first kappa shape index (κ1) is 18.3. The van der Waals surface area contributed by atoms with Gasteiger partial charge in [-0.3, -0.25) is 9.78 Å². The molecule has 1 heterocycles. The zero-order valence-corrected chi connectivity index (χ0v) is 14.3. The summed E-state index contributed by atoms with van der Waals surface area (Å²) in [5.74, 6) is 0.255. The Morgan fingerprint density at radius 1 is 1.20 bits per heavy atom. The van der Waals surface area contributed by atoms with Crippen LogP contribution in [0.2, 0.25) is 0 Å². The van der Waals surface area contributed by atoms with Gasteiger partial charge in [0, 0.05) is 18.0 Å². The standard InChI is InChI=1S/C18H20N2O5/c1-12(15-9-14(23-2)6-7-16(15)24-3)20-17(21)11-25-18(22)13-5-4-8-19-10-13/h4-10,12H,11H2,1-3H3,(H,20,21)/t12-/m1/s1. The van der Waals surface area contributed by atoms with Crippen LogP contribution >= 0.6 is 0 Å². The molecule has 0 aliphatic heterocycles. The Morgan fingerprint density at radius 3 is 2.64 bits per heavy atom. The van der Waals surface area contributed by atoms with Gasteiger partial charge in [-0.25, -0.2) is 4.79 Å². The Kier molecular flexibility index (Phi) is 6.33. The van der Waals surface area contributed by atoms with Crippen LogP contribution < -0.4 is 14.8 Å². The Bertz CT molecular complexity index is 734. The fraction of sp³-hybridized carbons (Fsp3) is 0.278. The zero-order valence-electron chi connectivity index (χ0n) is 14.3. The quantitative estimate of drug-likeness (QED) is 0.775. The van der Waals surface area contributed by atoms with E-state index in [9.17, 15) is 9.59 Å². The third kappa shape index (κ3) is 4.94. The first-order chi connectivity index (χ1) is 12.0. The number of aromatic nitrogens is 1. The van der Waals surface area contributed by atoms with E-state index in [0.717, 1.165) is 5.56 Å². The topological polar surface area (TPSA) is 86.8 Å². The number of nitrogens with zero attached hydrogens (tertiary/aromatic N) is 1. The lowest BCUT2D eigenvalue weighted by atomic mass is 10.1. The van der Waals surface area contributed by atoms with Crippen molar-refractivity contribution in [3.8, 4) is 11.5 Å².